The van der Waals surface area contributed by atoms with Crippen LogP contribution in [0, 0.1) is 5.82 Å². The molecule has 1 aromatic carbocycles. The highest BCUT2D eigenvalue weighted by molar-refractivity contribution is 6.31. The summed E-state index contributed by atoms with van der Waals surface area (Å²) < 4.78 is 13.0. The van der Waals surface area contributed by atoms with Crippen LogP contribution in [0.25, 0.3) is 0 Å². The number of nitrogens with one attached hydrogen (secondary N) is 1. The van der Waals surface area contributed by atoms with Crippen LogP contribution in [-0.4, -0.2) is 25.5 Å². The van der Waals surface area contributed by atoms with E-state index in [2.05, 4.69) is 5.32 Å². The molecule has 1 aliphatic heterocycles. The quantitative estimate of drug-likeness (QED) is 0.815. The summed E-state index contributed by atoms with van der Waals surface area (Å²) in [4.78, 5) is 13.3. The number of nitrogens with zero attached hydrogens (tertiary/aromatic N) is 1. The van der Waals surface area contributed by atoms with E-state index in [1.807, 2.05) is 4.90 Å². The third-order valence-electron chi connectivity index (χ3n) is 2.53. The highest BCUT2D eigenvalue weighted by atomic mass is 35.5. The van der Waals surface area contributed by atoms with Gasteiger partial charge < -0.3 is 10.2 Å². The predicted molar refractivity (Wildman–Crippen MR) is 61.2 cm³/mol. The molecule has 0 aromatic heterocycles. The molecule has 1 heterocycles. The molecule has 0 aliphatic carbocycles. The molecule has 1 aromatic rings. The van der Waals surface area contributed by atoms with E-state index in [-0.39, 0.29) is 10.9 Å². The molecule has 0 unspecified atom stereocenters. The number of hydrogen-bond donors (Lipinski definition) is 1. The van der Waals surface area contributed by atoms with Gasteiger partial charge in [-0.15, -0.1) is 0 Å². The normalized spacial score (nSPS) is 16.9. The minimum atomic E-state index is -0.440. The molecule has 0 spiro atoms. The molecule has 0 atom stereocenters. The van der Waals surface area contributed by atoms with Crippen LogP contribution in [0.15, 0.2) is 18.2 Å². The van der Waals surface area contributed by atoms with E-state index in [9.17, 15) is 9.18 Å². The van der Waals surface area contributed by atoms with E-state index < -0.39 is 5.82 Å². The molecule has 0 radical (unpaired) electrons. The van der Waals surface area contributed by atoms with E-state index in [0.717, 1.165) is 18.7 Å². The van der Waals surface area contributed by atoms with E-state index in [4.69, 9.17) is 11.6 Å². The zero-order valence-corrected chi connectivity index (χ0v) is 9.43. The Morgan fingerprint density at radius 3 is 3.00 bits per heavy atom. The average Bonchev–Trinajstić information content (AvgIpc) is 2.47. The van der Waals surface area contributed by atoms with Gasteiger partial charge in [0.25, 0.3) is 0 Å². The molecular weight excluding hydrogens is 231 g/mol. The van der Waals surface area contributed by atoms with Crippen molar-refractivity contribution in [2.45, 2.75) is 6.42 Å². The predicted octanol–water partition coefficient (Wildman–Crippen LogP) is 1.81. The van der Waals surface area contributed by atoms with E-state index in [1.54, 1.807) is 12.1 Å². The van der Waals surface area contributed by atoms with E-state index in [0.29, 0.717) is 13.1 Å². The minimum absolute atomic E-state index is 0.0158. The number of halogens is 2. The van der Waals surface area contributed by atoms with Gasteiger partial charge in [-0.25, -0.2) is 4.39 Å². The van der Waals surface area contributed by atoms with Gasteiger partial charge in [0.05, 0.1) is 11.6 Å². The number of carbonyl (C=O) groups excluding carboxylic acids is 1. The number of hydrogen-bond acceptors (Lipinski definition) is 2. The second kappa shape index (κ2) is 4.70. The van der Waals surface area contributed by atoms with Crippen LogP contribution in [0.4, 0.5) is 10.1 Å². The maximum Gasteiger partial charge on any atom is 0.239 e. The van der Waals surface area contributed by atoms with Crippen LogP contribution in [0.5, 0.6) is 0 Å². The van der Waals surface area contributed by atoms with Crippen molar-refractivity contribution in [3.63, 3.8) is 0 Å². The zero-order valence-electron chi connectivity index (χ0n) is 8.67. The van der Waals surface area contributed by atoms with Gasteiger partial charge in [-0.05, 0) is 24.6 Å². The summed E-state index contributed by atoms with van der Waals surface area (Å²) in [6, 6.07) is 4.51. The first-order valence-corrected chi connectivity index (χ1v) is 5.51. The third-order valence-corrected chi connectivity index (χ3v) is 2.82. The lowest BCUT2D eigenvalue weighted by atomic mass is 10.2. The van der Waals surface area contributed by atoms with Gasteiger partial charge in [-0.2, -0.15) is 0 Å². The fourth-order valence-electron chi connectivity index (χ4n) is 1.71. The molecule has 0 saturated carbocycles. The molecule has 2 rings (SSSR count). The Kier molecular flexibility index (Phi) is 3.29. The van der Waals surface area contributed by atoms with Crippen molar-refractivity contribution in [1.29, 1.82) is 0 Å². The molecule has 86 valence electrons. The molecule has 1 amide bonds. The van der Waals surface area contributed by atoms with Crippen LogP contribution in [0.2, 0.25) is 5.02 Å². The van der Waals surface area contributed by atoms with Crippen LogP contribution < -0.4 is 10.2 Å². The van der Waals surface area contributed by atoms with Crippen LogP contribution in [0.1, 0.15) is 6.42 Å². The smallest absolute Gasteiger partial charge is 0.239 e. The fraction of sp³-hybridized carbons (Fsp3) is 0.364. The Morgan fingerprint density at radius 1 is 1.44 bits per heavy atom. The minimum Gasteiger partial charge on any atom is -0.362 e. The van der Waals surface area contributed by atoms with Gasteiger partial charge in [0, 0.05) is 18.8 Å². The first-order valence-electron chi connectivity index (χ1n) is 5.13. The molecule has 1 saturated heterocycles. The topological polar surface area (TPSA) is 32.3 Å². The van der Waals surface area contributed by atoms with Crippen LogP contribution in [0.3, 0.4) is 0 Å². The second-order valence-corrected chi connectivity index (χ2v) is 4.13. The van der Waals surface area contributed by atoms with Crippen LogP contribution in [-0.2, 0) is 4.79 Å². The van der Waals surface area contributed by atoms with Gasteiger partial charge in [-0.3, -0.25) is 4.79 Å². The Labute approximate surface area is 98.2 Å². The molecule has 1 N–H and O–H groups in total. The Morgan fingerprint density at radius 2 is 2.25 bits per heavy atom. The van der Waals surface area contributed by atoms with Crippen molar-refractivity contribution in [3.05, 3.63) is 29.0 Å². The van der Waals surface area contributed by atoms with Crippen molar-refractivity contribution >= 4 is 23.2 Å². The molecule has 0 bridgehead atoms. The summed E-state index contributed by atoms with van der Waals surface area (Å²) in [5, 5.41) is 2.87. The summed E-state index contributed by atoms with van der Waals surface area (Å²) in [7, 11) is 0. The largest absolute Gasteiger partial charge is 0.362 e. The van der Waals surface area contributed by atoms with E-state index in [1.165, 1.54) is 6.07 Å². The standard InChI is InChI=1S/C11H12ClFN2O/c12-9-6-8(2-3-10(9)13)15-5-1-4-14-11(16)7-15/h2-3,6H,1,4-5,7H2,(H,14,16). The first kappa shape index (κ1) is 11.2. The van der Waals surface area contributed by atoms with Crippen molar-refractivity contribution < 1.29 is 9.18 Å². The monoisotopic (exact) mass is 242 g/mol. The number of rotatable bonds is 1. The lowest BCUT2D eigenvalue weighted by molar-refractivity contribution is -0.119. The van der Waals surface area contributed by atoms with Gasteiger partial charge >= 0.3 is 0 Å². The summed E-state index contributed by atoms with van der Waals surface area (Å²) >= 11 is 5.71. The number of anilines is 1. The first-order chi connectivity index (χ1) is 7.66. The highest BCUT2D eigenvalue weighted by Crippen LogP contribution is 2.23. The Bertz CT molecular complexity index is 411. The average molecular weight is 243 g/mol. The summed E-state index contributed by atoms with van der Waals surface area (Å²) in [6.07, 6.45) is 0.876. The Hall–Kier alpha value is -1.29. The number of benzene rings is 1. The summed E-state index contributed by atoms with van der Waals surface area (Å²) in [6.45, 7) is 1.74. The summed E-state index contributed by atoms with van der Waals surface area (Å²) in [5.41, 5.74) is 0.781. The number of carbonyl (C=O) groups is 1. The van der Waals surface area contributed by atoms with Crippen molar-refractivity contribution in [2.75, 3.05) is 24.5 Å². The Balaban J connectivity index is 2.21. The van der Waals surface area contributed by atoms with Gasteiger partial charge in [0.1, 0.15) is 5.82 Å². The van der Waals surface area contributed by atoms with E-state index >= 15 is 0 Å². The molecule has 5 heteroatoms. The fourth-order valence-corrected chi connectivity index (χ4v) is 1.88. The highest BCUT2D eigenvalue weighted by Gasteiger charge is 2.15. The van der Waals surface area contributed by atoms with Crippen LogP contribution >= 0.6 is 11.6 Å². The lowest BCUT2D eigenvalue weighted by Gasteiger charge is -2.21. The number of amides is 1. The van der Waals surface area contributed by atoms with Crippen molar-refractivity contribution in [1.82, 2.24) is 5.32 Å². The molecule has 3 nitrogen and oxygen atoms in total. The van der Waals surface area contributed by atoms with Crippen molar-refractivity contribution in [3.8, 4) is 0 Å². The maximum absolute atomic E-state index is 13.0. The molecular formula is C11H12ClFN2O. The molecule has 1 aliphatic rings. The summed E-state index contributed by atoms with van der Waals surface area (Å²) in [5.74, 6) is -0.456. The third kappa shape index (κ3) is 2.44. The zero-order chi connectivity index (χ0) is 11.5. The van der Waals surface area contributed by atoms with Gasteiger partial charge in [-0.1, -0.05) is 11.6 Å². The van der Waals surface area contributed by atoms with Gasteiger partial charge in [0.15, 0.2) is 0 Å². The second-order valence-electron chi connectivity index (χ2n) is 3.72. The lowest BCUT2D eigenvalue weighted by Crippen LogP contribution is -2.32. The van der Waals surface area contributed by atoms with Gasteiger partial charge in [0.2, 0.25) is 5.91 Å². The molecule has 16 heavy (non-hydrogen) atoms. The SMILES string of the molecule is O=C1CN(c2ccc(F)c(Cl)c2)CCCN1. The maximum atomic E-state index is 13.0. The molecule has 1 fully saturated rings. The van der Waals surface area contributed by atoms with Crippen molar-refractivity contribution in [2.24, 2.45) is 0 Å².